The van der Waals surface area contributed by atoms with Gasteiger partial charge >= 0.3 is 0 Å². The molecule has 0 atom stereocenters. The van der Waals surface area contributed by atoms with Crippen molar-refractivity contribution >= 4 is 34.3 Å². The molecule has 7 heteroatoms. The molecule has 0 spiro atoms. The molecule has 1 N–H and O–H groups in total. The van der Waals surface area contributed by atoms with Gasteiger partial charge in [-0.1, -0.05) is 42.1 Å². The number of carbonyl (C=O) groups is 1. The lowest BCUT2D eigenvalue weighted by Gasteiger charge is -2.15. The van der Waals surface area contributed by atoms with Gasteiger partial charge in [0.05, 0.1) is 29.5 Å². The number of anilines is 1. The summed E-state index contributed by atoms with van der Waals surface area (Å²) in [7, 11) is 1.56. The highest BCUT2D eigenvalue weighted by Gasteiger charge is 2.17. The Labute approximate surface area is 190 Å². The number of nitrogens with one attached hydrogen (secondary N) is 1. The topological polar surface area (TPSA) is 73.2 Å². The summed E-state index contributed by atoms with van der Waals surface area (Å²) in [4.78, 5) is 30.7. The number of ether oxygens (including phenoxy) is 1. The van der Waals surface area contributed by atoms with Crippen molar-refractivity contribution in [2.75, 3.05) is 18.2 Å². The van der Waals surface area contributed by atoms with Crippen LogP contribution in [0.2, 0.25) is 0 Å². The number of rotatable bonds is 6. The Morgan fingerprint density at radius 1 is 1.03 bits per heavy atom. The number of fused-ring (bicyclic) bond motifs is 1. The van der Waals surface area contributed by atoms with Crippen LogP contribution in [0, 0.1) is 13.8 Å². The molecular weight excluding hydrogens is 422 g/mol. The molecule has 0 aliphatic rings. The van der Waals surface area contributed by atoms with Gasteiger partial charge < -0.3 is 10.1 Å². The van der Waals surface area contributed by atoms with Crippen molar-refractivity contribution in [3.63, 3.8) is 0 Å². The second kappa shape index (κ2) is 9.28. The first-order chi connectivity index (χ1) is 15.5. The third kappa shape index (κ3) is 4.53. The monoisotopic (exact) mass is 445 g/mol. The van der Waals surface area contributed by atoms with Gasteiger partial charge in [-0.3, -0.25) is 14.2 Å². The molecule has 0 saturated carbocycles. The number of nitrogens with zero attached hydrogens (tertiary/aromatic N) is 2. The van der Waals surface area contributed by atoms with E-state index in [0.717, 1.165) is 16.8 Å². The van der Waals surface area contributed by atoms with E-state index < -0.39 is 0 Å². The predicted molar refractivity (Wildman–Crippen MR) is 129 cm³/mol. The van der Waals surface area contributed by atoms with E-state index in [4.69, 9.17) is 4.74 Å². The van der Waals surface area contributed by atoms with Gasteiger partial charge in [-0.2, -0.15) is 0 Å². The van der Waals surface area contributed by atoms with Crippen LogP contribution in [0.3, 0.4) is 0 Å². The summed E-state index contributed by atoms with van der Waals surface area (Å²) in [6.07, 6.45) is 0. The Balaban J connectivity index is 1.70. The molecule has 0 radical (unpaired) electrons. The maximum atomic E-state index is 13.4. The second-order valence-corrected chi connectivity index (χ2v) is 8.38. The molecule has 4 aromatic rings. The minimum atomic E-state index is -0.211. The third-order valence-corrected chi connectivity index (χ3v) is 5.85. The number of aromatic nitrogens is 2. The number of thioether (sulfide) groups is 1. The highest BCUT2D eigenvalue weighted by molar-refractivity contribution is 7.99. The van der Waals surface area contributed by atoms with Crippen molar-refractivity contribution in [3.05, 3.63) is 88.2 Å². The molecule has 0 aliphatic carbocycles. The SMILES string of the molecule is COc1ccccc1-n1c(SCC(=O)Nc2cc(C)cc(C)c2)nc2ccccc2c1=O. The van der Waals surface area contributed by atoms with Gasteiger partial charge in [0.2, 0.25) is 5.91 Å². The Morgan fingerprint density at radius 3 is 2.47 bits per heavy atom. The van der Waals surface area contributed by atoms with Crippen molar-refractivity contribution in [1.82, 2.24) is 9.55 Å². The lowest BCUT2D eigenvalue weighted by atomic mass is 10.1. The summed E-state index contributed by atoms with van der Waals surface area (Å²) < 4.78 is 6.98. The Bertz CT molecular complexity index is 1340. The molecule has 1 heterocycles. The second-order valence-electron chi connectivity index (χ2n) is 7.44. The number of aryl methyl sites for hydroxylation is 2. The van der Waals surface area contributed by atoms with E-state index in [1.54, 1.807) is 31.4 Å². The Morgan fingerprint density at radius 2 is 1.72 bits per heavy atom. The zero-order valence-corrected chi connectivity index (χ0v) is 18.9. The van der Waals surface area contributed by atoms with E-state index in [1.807, 2.05) is 50.2 Å². The normalized spacial score (nSPS) is 10.8. The molecule has 0 bridgehead atoms. The van der Waals surface area contributed by atoms with Crippen LogP contribution < -0.4 is 15.6 Å². The zero-order chi connectivity index (χ0) is 22.7. The number of hydrogen-bond donors (Lipinski definition) is 1. The maximum absolute atomic E-state index is 13.4. The standard InChI is InChI=1S/C25H23N3O3S/c1-16-12-17(2)14-18(13-16)26-23(29)15-32-25-27-20-9-5-4-8-19(20)24(30)28(25)21-10-6-7-11-22(21)31-3/h4-14H,15H2,1-3H3,(H,26,29). The van der Waals surface area contributed by atoms with Crippen LogP contribution in [0.4, 0.5) is 5.69 Å². The molecule has 32 heavy (non-hydrogen) atoms. The minimum absolute atomic E-state index is 0.104. The van der Waals surface area contributed by atoms with Gasteiger partial charge in [0, 0.05) is 5.69 Å². The number of methoxy groups -OCH3 is 1. The summed E-state index contributed by atoms with van der Waals surface area (Å²) in [6.45, 7) is 3.98. The Kier molecular flexibility index (Phi) is 6.28. The fourth-order valence-electron chi connectivity index (χ4n) is 3.61. The summed E-state index contributed by atoms with van der Waals surface area (Å²) in [6, 6.07) is 20.4. The molecule has 3 aromatic carbocycles. The summed E-state index contributed by atoms with van der Waals surface area (Å²) in [5.41, 5.74) is 3.86. The average molecular weight is 446 g/mol. The molecule has 4 rings (SSSR count). The van der Waals surface area contributed by atoms with Crippen LogP contribution in [0.25, 0.3) is 16.6 Å². The Hall–Kier alpha value is -3.58. The molecule has 162 valence electrons. The third-order valence-electron chi connectivity index (χ3n) is 4.91. The van der Waals surface area contributed by atoms with Crippen LogP contribution in [0.1, 0.15) is 11.1 Å². The fraction of sp³-hybridized carbons (Fsp3) is 0.160. The van der Waals surface area contributed by atoms with E-state index >= 15 is 0 Å². The lowest BCUT2D eigenvalue weighted by Crippen LogP contribution is -2.23. The van der Waals surface area contributed by atoms with Crippen LogP contribution in [0.15, 0.2) is 76.7 Å². The number of hydrogen-bond acceptors (Lipinski definition) is 5. The number of para-hydroxylation sites is 3. The number of carbonyl (C=O) groups excluding carboxylic acids is 1. The molecule has 0 unspecified atom stereocenters. The summed E-state index contributed by atoms with van der Waals surface area (Å²) in [5, 5.41) is 3.85. The molecule has 0 fully saturated rings. The number of amides is 1. The first-order valence-electron chi connectivity index (χ1n) is 10.1. The average Bonchev–Trinajstić information content (AvgIpc) is 2.77. The van der Waals surface area contributed by atoms with Crippen molar-refractivity contribution in [2.24, 2.45) is 0 Å². The smallest absolute Gasteiger partial charge is 0.266 e. The first kappa shape index (κ1) is 21.6. The van der Waals surface area contributed by atoms with Gasteiger partial charge in [0.15, 0.2) is 5.16 Å². The number of benzene rings is 3. The van der Waals surface area contributed by atoms with E-state index in [1.165, 1.54) is 16.3 Å². The summed E-state index contributed by atoms with van der Waals surface area (Å²) in [5.74, 6) is 0.481. The van der Waals surface area contributed by atoms with Gasteiger partial charge in [-0.05, 0) is 61.4 Å². The van der Waals surface area contributed by atoms with Gasteiger partial charge in [-0.25, -0.2) is 4.98 Å². The largest absolute Gasteiger partial charge is 0.495 e. The maximum Gasteiger partial charge on any atom is 0.266 e. The van der Waals surface area contributed by atoms with Gasteiger partial charge in [0.1, 0.15) is 5.75 Å². The van der Waals surface area contributed by atoms with E-state index in [2.05, 4.69) is 16.4 Å². The van der Waals surface area contributed by atoms with Crippen molar-refractivity contribution in [3.8, 4) is 11.4 Å². The van der Waals surface area contributed by atoms with Crippen LogP contribution >= 0.6 is 11.8 Å². The molecule has 0 aliphatic heterocycles. The van der Waals surface area contributed by atoms with E-state index in [0.29, 0.717) is 27.5 Å². The van der Waals surface area contributed by atoms with Gasteiger partial charge in [0.25, 0.3) is 5.56 Å². The van der Waals surface area contributed by atoms with Crippen LogP contribution in [0.5, 0.6) is 5.75 Å². The zero-order valence-electron chi connectivity index (χ0n) is 18.1. The molecule has 1 amide bonds. The van der Waals surface area contributed by atoms with Crippen molar-refractivity contribution in [2.45, 2.75) is 19.0 Å². The summed E-state index contributed by atoms with van der Waals surface area (Å²) >= 11 is 1.21. The highest BCUT2D eigenvalue weighted by atomic mass is 32.2. The molecular formula is C25H23N3O3S. The van der Waals surface area contributed by atoms with E-state index in [9.17, 15) is 9.59 Å². The van der Waals surface area contributed by atoms with Crippen LogP contribution in [-0.2, 0) is 4.79 Å². The van der Waals surface area contributed by atoms with E-state index in [-0.39, 0.29) is 17.2 Å². The first-order valence-corrected chi connectivity index (χ1v) is 11.1. The molecule has 1 aromatic heterocycles. The fourth-order valence-corrected chi connectivity index (χ4v) is 4.42. The molecule has 0 saturated heterocycles. The van der Waals surface area contributed by atoms with Gasteiger partial charge in [-0.15, -0.1) is 0 Å². The lowest BCUT2D eigenvalue weighted by molar-refractivity contribution is -0.113. The quantitative estimate of drug-likeness (QED) is 0.343. The van der Waals surface area contributed by atoms with Crippen LogP contribution in [-0.4, -0.2) is 28.3 Å². The predicted octanol–water partition coefficient (Wildman–Crippen LogP) is 4.74. The highest BCUT2D eigenvalue weighted by Crippen LogP contribution is 2.27. The van der Waals surface area contributed by atoms with Crippen molar-refractivity contribution in [1.29, 1.82) is 0 Å². The van der Waals surface area contributed by atoms with Crippen molar-refractivity contribution < 1.29 is 9.53 Å². The molecule has 6 nitrogen and oxygen atoms in total. The minimum Gasteiger partial charge on any atom is -0.495 e.